The summed E-state index contributed by atoms with van der Waals surface area (Å²) in [5, 5.41) is 22.4. The van der Waals surface area contributed by atoms with E-state index in [9.17, 15) is 14.9 Å². The minimum atomic E-state index is -0.571. The van der Waals surface area contributed by atoms with Gasteiger partial charge in [-0.05, 0) is 43.3 Å². The largest absolute Gasteiger partial charge is 0.322 e. The fourth-order valence-electron chi connectivity index (χ4n) is 2.79. The summed E-state index contributed by atoms with van der Waals surface area (Å²) in [6.07, 6.45) is 0. The van der Waals surface area contributed by atoms with Crippen molar-refractivity contribution in [3.05, 3.63) is 86.9 Å². The summed E-state index contributed by atoms with van der Waals surface area (Å²) >= 11 is 6.02. The fourth-order valence-corrected chi connectivity index (χ4v) is 3.05. The Morgan fingerprint density at radius 1 is 1.03 bits per heavy atom. The summed E-state index contributed by atoms with van der Waals surface area (Å²) in [6, 6.07) is 16.6. The van der Waals surface area contributed by atoms with Crippen molar-refractivity contribution in [2.45, 2.75) is 6.92 Å². The second-order valence-corrected chi connectivity index (χ2v) is 6.81. The summed E-state index contributed by atoms with van der Waals surface area (Å²) in [5.41, 5.74) is 3.72. The molecule has 8 nitrogen and oxygen atoms in total. The molecule has 0 radical (unpaired) electrons. The van der Waals surface area contributed by atoms with Gasteiger partial charge in [-0.1, -0.05) is 29.3 Å². The third kappa shape index (κ3) is 3.78. The number of nitro groups is 1. The lowest BCUT2D eigenvalue weighted by Crippen LogP contribution is -2.12. The van der Waals surface area contributed by atoms with Gasteiger partial charge in [0.25, 0.3) is 11.6 Å². The Labute approximate surface area is 169 Å². The van der Waals surface area contributed by atoms with Crippen molar-refractivity contribution in [3.8, 4) is 5.69 Å². The van der Waals surface area contributed by atoms with Crippen LogP contribution in [0.5, 0.6) is 0 Å². The molecule has 0 aliphatic carbocycles. The van der Waals surface area contributed by atoms with E-state index in [-0.39, 0.29) is 16.3 Å². The molecule has 0 saturated carbocycles. The van der Waals surface area contributed by atoms with Crippen LogP contribution in [-0.2, 0) is 0 Å². The maximum absolute atomic E-state index is 12.5. The first-order valence-electron chi connectivity index (χ1n) is 8.60. The van der Waals surface area contributed by atoms with E-state index in [1.54, 1.807) is 18.2 Å². The van der Waals surface area contributed by atoms with Gasteiger partial charge in [-0.25, -0.2) is 0 Å². The van der Waals surface area contributed by atoms with Crippen LogP contribution < -0.4 is 5.32 Å². The number of carbonyl (C=O) groups is 1. The number of nitrogens with zero attached hydrogens (tertiary/aromatic N) is 4. The zero-order valence-electron chi connectivity index (χ0n) is 15.2. The van der Waals surface area contributed by atoms with Crippen LogP contribution in [0.15, 0.2) is 60.7 Å². The molecule has 29 heavy (non-hydrogen) atoms. The number of aromatic nitrogens is 3. The number of amides is 1. The Hall–Kier alpha value is -3.78. The van der Waals surface area contributed by atoms with Crippen LogP contribution >= 0.6 is 11.6 Å². The molecule has 9 heteroatoms. The first-order chi connectivity index (χ1) is 13.9. The van der Waals surface area contributed by atoms with Crippen molar-refractivity contribution in [3.63, 3.8) is 0 Å². The van der Waals surface area contributed by atoms with E-state index in [2.05, 4.69) is 15.5 Å². The zero-order chi connectivity index (χ0) is 20.5. The SMILES string of the molecule is Cc1ccc(-n2nc3ccc(NC(=O)c4ccc([N+](=O)[O-])cc4Cl)cc3n2)cc1. The molecule has 0 saturated heterocycles. The normalized spacial score (nSPS) is 10.8. The van der Waals surface area contributed by atoms with E-state index < -0.39 is 10.8 Å². The van der Waals surface area contributed by atoms with Crippen LogP contribution in [0.1, 0.15) is 15.9 Å². The molecule has 1 N–H and O–H groups in total. The van der Waals surface area contributed by atoms with Crippen LogP contribution in [0, 0.1) is 17.0 Å². The van der Waals surface area contributed by atoms with Crippen LogP contribution in [0.2, 0.25) is 5.02 Å². The van der Waals surface area contributed by atoms with Gasteiger partial charge in [0.05, 0.1) is 21.2 Å². The summed E-state index contributed by atoms with van der Waals surface area (Å²) in [7, 11) is 0. The first-order valence-corrected chi connectivity index (χ1v) is 8.98. The van der Waals surface area contributed by atoms with Crippen molar-refractivity contribution in [1.82, 2.24) is 15.0 Å². The Morgan fingerprint density at radius 2 is 1.76 bits per heavy atom. The molecule has 144 valence electrons. The maximum Gasteiger partial charge on any atom is 0.270 e. The van der Waals surface area contributed by atoms with E-state index >= 15 is 0 Å². The molecule has 3 aromatic carbocycles. The number of benzene rings is 3. The number of hydrogen-bond acceptors (Lipinski definition) is 5. The number of aryl methyl sites for hydroxylation is 1. The smallest absolute Gasteiger partial charge is 0.270 e. The third-order valence-corrected chi connectivity index (χ3v) is 4.62. The standard InChI is InChI=1S/C20H14ClN5O3/c1-12-2-5-14(6-3-12)25-23-18-9-4-13(10-19(18)24-25)22-20(27)16-8-7-15(26(28)29)11-17(16)21/h2-11H,1H3,(H,22,27). The van der Waals surface area contributed by atoms with E-state index in [4.69, 9.17) is 11.6 Å². The second kappa shape index (κ2) is 7.33. The maximum atomic E-state index is 12.5. The van der Waals surface area contributed by atoms with Gasteiger partial charge in [0.1, 0.15) is 11.0 Å². The average molecular weight is 408 g/mol. The van der Waals surface area contributed by atoms with E-state index in [0.717, 1.165) is 17.3 Å². The first kappa shape index (κ1) is 18.6. The number of rotatable bonds is 4. The average Bonchev–Trinajstić information content (AvgIpc) is 3.11. The highest BCUT2D eigenvalue weighted by atomic mass is 35.5. The highest BCUT2D eigenvalue weighted by molar-refractivity contribution is 6.34. The lowest BCUT2D eigenvalue weighted by atomic mass is 10.2. The number of fused-ring (bicyclic) bond motifs is 1. The minimum absolute atomic E-state index is 0.00286. The van der Waals surface area contributed by atoms with Gasteiger partial charge in [-0.15, -0.1) is 10.2 Å². The number of non-ortho nitro benzene ring substituents is 1. The molecular formula is C20H14ClN5O3. The molecule has 1 amide bonds. The van der Waals surface area contributed by atoms with Crippen molar-refractivity contribution in [2.24, 2.45) is 0 Å². The lowest BCUT2D eigenvalue weighted by Gasteiger charge is -2.06. The predicted octanol–water partition coefficient (Wildman–Crippen LogP) is 4.54. The molecule has 0 spiro atoms. The monoisotopic (exact) mass is 407 g/mol. The van der Waals surface area contributed by atoms with Gasteiger partial charge in [-0.3, -0.25) is 14.9 Å². The lowest BCUT2D eigenvalue weighted by molar-refractivity contribution is -0.384. The molecule has 0 bridgehead atoms. The van der Waals surface area contributed by atoms with Crippen molar-refractivity contribution >= 4 is 39.9 Å². The highest BCUT2D eigenvalue weighted by Gasteiger charge is 2.15. The van der Waals surface area contributed by atoms with Crippen molar-refractivity contribution in [2.75, 3.05) is 5.32 Å². The number of hydrogen-bond donors (Lipinski definition) is 1. The molecule has 1 heterocycles. The molecular weight excluding hydrogens is 394 g/mol. The number of halogens is 1. The van der Waals surface area contributed by atoms with Gasteiger partial charge >= 0.3 is 0 Å². The summed E-state index contributed by atoms with van der Waals surface area (Å²) < 4.78 is 0. The van der Waals surface area contributed by atoms with Gasteiger partial charge in [0.2, 0.25) is 0 Å². The molecule has 1 aromatic heterocycles. The summed E-state index contributed by atoms with van der Waals surface area (Å²) in [6.45, 7) is 2.00. The molecule has 4 aromatic rings. The van der Waals surface area contributed by atoms with E-state index in [1.807, 2.05) is 31.2 Å². The highest BCUT2D eigenvalue weighted by Crippen LogP contribution is 2.24. The number of nitro benzene ring substituents is 1. The Balaban J connectivity index is 1.59. The van der Waals surface area contributed by atoms with Gasteiger partial charge < -0.3 is 5.32 Å². The molecule has 0 aliphatic rings. The topological polar surface area (TPSA) is 103 Å². The minimum Gasteiger partial charge on any atom is -0.322 e. The van der Waals surface area contributed by atoms with E-state index in [1.165, 1.54) is 16.9 Å². The van der Waals surface area contributed by atoms with Crippen LogP contribution in [-0.4, -0.2) is 25.8 Å². The van der Waals surface area contributed by atoms with Crippen molar-refractivity contribution in [1.29, 1.82) is 0 Å². The molecule has 0 aliphatic heterocycles. The predicted molar refractivity (Wildman–Crippen MR) is 110 cm³/mol. The summed E-state index contributed by atoms with van der Waals surface area (Å²) in [5.74, 6) is -0.477. The van der Waals surface area contributed by atoms with Crippen LogP contribution in [0.3, 0.4) is 0 Å². The Kier molecular flexibility index (Phi) is 4.69. The molecule has 4 rings (SSSR count). The number of nitrogens with one attached hydrogen (secondary N) is 1. The van der Waals surface area contributed by atoms with Gasteiger partial charge in [0.15, 0.2) is 0 Å². The van der Waals surface area contributed by atoms with Gasteiger partial charge in [0, 0.05) is 17.8 Å². The molecule has 0 unspecified atom stereocenters. The van der Waals surface area contributed by atoms with Crippen LogP contribution in [0.25, 0.3) is 16.7 Å². The Bertz CT molecular complexity index is 1250. The van der Waals surface area contributed by atoms with Crippen molar-refractivity contribution < 1.29 is 9.72 Å². The fraction of sp³-hybridized carbons (Fsp3) is 0.0500. The quantitative estimate of drug-likeness (QED) is 0.395. The Morgan fingerprint density at radius 3 is 2.45 bits per heavy atom. The summed E-state index contributed by atoms with van der Waals surface area (Å²) in [4.78, 5) is 24.3. The van der Waals surface area contributed by atoms with Crippen LogP contribution in [0.4, 0.5) is 11.4 Å². The van der Waals surface area contributed by atoms with E-state index in [0.29, 0.717) is 16.7 Å². The van der Waals surface area contributed by atoms with Gasteiger partial charge in [-0.2, -0.15) is 4.80 Å². The number of anilines is 1. The zero-order valence-corrected chi connectivity index (χ0v) is 15.9. The third-order valence-electron chi connectivity index (χ3n) is 4.31. The second-order valence-electron chi connectivity index (χ2n) is 6.40. The molecule has 0 fully saturated rings. The number of carbonyl (C=O) groups excluding carboxylic acids is 1. The molecule has 0 atom stereocenters.